The van der Waals surface area contributed by atoms with Crippen molar-refractivity contribution in [1.82, 2.24) is 9.62 Å². The first-order valence-electron chi connectivity index (χ1n) is 8.63. The Kier molecular flexibility index (Phi) is 6.10. The van der Waals surface area contributed by atoms with Gasteiger partial charge in [-0.05, 0) is 43.2 Å². The molecule has 1 amide bonds. The zero-order valence-corrected chi connectivity index (χ0v) is 17.6. The maximum atomic E-state index is 12.9. The molecule has 6 nitrogen and oxygen atoms in total. The summed E-state index contributed by atoms with van der Waals surface area (Å²) >= 11 is 7.34. The van der Waals surface area contributed by atoms with Crippen molar-refractivity contribution in [3.63, 3.8) is 0 Å². The molecule has 2 heterocycles. The lowest BCUT2D eigenvalue weighted by Crippen LogP contribution is -2.28. The molecular weight excluding hydrogens is 406 g/mol. The number of carbonyl (C=O) groups excluding carboxylic acids is 1. The van der Waals surface area contributed by atoms with Crippen molar-refractivity contribution in [1.29, 1.82) is 0 Å². The molecular formula is C18H22ClN3O3S2. The van der Waals surface area contributed by atoms with E-state index in [-0.39, 0.29) is 10.8 Å². The average Bonchev–Trinajstić information content (AvgIpc) is 3.30. The Balaban J connectivity index is 1.92. The third kappa shape index (κ3) is 4.45. The van der Waals surface area contributed by atoms with Crippen LogP contribution in [-0.2, 0) is 16.6 Å². The summed E-state index contributed by atoms with van der Waals surface area (Å²) in [6.45, 7) is 2.07. The number of carbonyl (C=O) groups is 1. The lowest BCUT2D eigenvalue weighted by Gasteiger charge is -2.22. The van der Waals surface area contributed by atoms with Gasteiger partial charge in [0.15, 0.2) is 0 Å². The number of anilines is 1. The SMILES string of the molecule is CN(C)S(=O)(=O)c1ccc(N2CCCC2)c(C(=O)NCc2ccc(Cl)s2)c1. The van der Waals surface area contributed by atoms with Crippen molar-refractivity contribution in [3.05, 3.63) is 45.1 Å². The molecule has 1 aromatic heterocycles. The number of nitrogens with zero attached hydrogens (tertiary/aromatic N) is 2. The molecule has 2 aromatic rings. The number of hydrogen-bond acceptors (Lipinski definition) is 5. The number of halogens is 1. The number of thiophene rings is 1. The van der Waals surface area contributed by atoms with Gasteiger partial charge in [-0.2, -0.15) is 0 Å². The van der Waals surface area contributed by atoms with Crippen LogP contribution in [0, 0.1) is 0 Å². The molecule has 0 atom stereocenters. The highest BCUT2D eigenvalue weighted by Crippen LogP contribution is 2.28. The van der Waals surface area contributed by atoms with Crippen molar-refractivity contribution in [3.8, 4) is 0 Å². The Bertz CT molecular complexity index is 935. The molecule has 1 aliphatic rings. The van der Waals surface area contributed by atoms with Gasteiger partial charge in [-0.25, -0.2) is 12.7 Å². The summed E-state index contributed by atoms with van der Waals surface area (Å²) in [5.74, 6) is -0.294. The van der Waals surface area contributed by atoms with Crippen LogP contribution in [0.4, 0.5) is 5.69 Å². The van der Waals surface area contributed by atoms with Gasteiger partial charge in [-0.15, -0.1) is 11.3 Å². The minimum absolute atomic E-state index is 0.111. The van der Waals surface area contributed by atoms with Crippen molar-refractivity contribution in [2.45, 2.75) is 24.3 Å². The Labute approximate surface area is 168 Å². The molecule has 0 spiro atoms. The average molecular weight is 428 g/mol. The van der Waals surface area contributed by atoms with Gasteiger partial charge in [0.1, 0.15) is 0 Å². The van der Waals surface area contributed by atoms with E-state index in [1.54, 1.807) is 18.2 Å². The molecule has 1 fully saturated rings. The fourth-order valence-electron chi connectivity index (χ4n) is 3.01. The van der Waals surface area contributed by atoms with Crippen LogP contribution in [0.2, 0.25) is 4.34 Å². The summed E-state index contributed by atoms with van der Waals surface area (Å²) in [5.41, 5.74) is 1.15. The Morgan fingerprint density at radius 1 is 1.22 bits per heavy atom. The number of benzene rings is 1. The topological polar surface area (TPSA) is 69.7 Å². The minimum Gasteiger partial charge on any atom is -0.371 e. The monoisotopic (exact) mass is 427 g/mol. The molecule has 0 radical (unpaired) electrons. The number of rotatable bonds is 6. The predicted octanol–water partition coefficient (Wildman–Crippen LogP) is 3.18. The van der Waals surface area contributed by atoms with E-state index >= 15 is 0 Å². The smallest absolute Gasteiger partial charge is 0.253 e. The van der Waals surface area contributed by atoms with Crippen LogP contribution in [0.15, 0.2) is 35.2 Å². The van der Waals surface area contributed by atoms with E-state index in [1.807, 2.05) is 6.07 Å². The summed E-state index contributed by atoms with van der Waals surface area (Å²) < 4.78 is 26.8. The molecule has 3 rings (SSSR count). The Morgan fingerprint density at radius 2 is 1.93 bits per heavy atom. The molecule has 1 aromatic carbocycles. The van der Waals surface area contributed by atoms with Crippen LogP contribution < -0.4 is 10.2 Å². The molecule has 0 saturated carbocycles. The van der Waals surface area contributed by atoms with Gasteiger partial charge in [-0.3, -0.25) is 4.79 Å². The molecule has 0 aliphatic carbocycles. The first-order chi connectivity index (χ1) is 12.8. The first-order valence-corrected chi connectivity index (χ1v) is 11.3. The van der Waals surface area contributed by atoms with E-state index < -0.39 is 10.0 Å². The normalized spacial score (nSPS) is 14.7. The van der Waals surface area contributed by atoms with Gasteiger partial charge < -0.3 is 10.2 Å². The second kappa shape index (κ2) is 8.18. The van der Waals surface area contributed by atoms with Crippen LogP contribution in [-0.4, -0.2) is 45.8 Å². The number of sulfonamides is 1. The molecule has 1 saturated heterocycles. The maximum Gasteiger partial charge on any atom is 0.253 e. The number of amides is 1. The molecule has 146 valence electrons. The van der Waals surface area contributed by atoms with E-state index in [2.05, 4.69) is 10.2 Å². The van der Waals surface area contributed by atoms with Crippen molar-refractivity contribution < 1.29 is 13.2 Å². The zero-order chi connectivity index (χ0) is 19.6. The standard InChI is InChI=1S/C18H22ClN3O3S2/c1-21(2)27(24,25)14-6-7-16(22-9-3-4-10-22)15(11-14)18(23)20-12-13-5-8-17(19)26-13/h5-8,11H,3-4,9-10,12H2,1-2H3,(H,20,23). The summed E-state index contributed by atoms with van der Waals surface area (Å²) in [6.07, 6.45) is 2.12. The van der Waals surface area contributed by atoms with E-state index in [9.17, 15) is 13.2 Å². The predicted molar refractivity (Wildman–Crippen MR) is 109 cm³/mol. The summed E-state index contributed by atoms with van der Waals surface area (Å²) in [4.78, 5) is 16.1. The second-order valence-electron chi connectivity index (χ2n) is 6.55. The first kappa shape index (κ1) is 20.1. The molecule has 27 heavy (non-hydrogen) atoms. The van der Waals surface area contributed by atoms with E-state index in [4.69, 9.17) is 11.6 Å². The Hall–Kier alpha value is -1.61. The third-order valence-electron chi connectivity index (χ3n) is 4.49. The van der Waals surface area contributed by atoms with Crippen molar-refractivity contribution >= 4 is 44.6 Å². The van der Waals surface area contributed by atoms with Gasteiger partial charge in [0.05, 0.1) is 21.3 Å². The molecule has 0 unspecified atom stereocenters. The number of nitrogens with one attached hydrogen (secondary N) is 1. The van der Waals surface area contributed by atoms with Crippen LogP contribution in [0.5, 0.6) is 0 Å². The van der Waals surface area contributed by atoms with Crippen LogP contribution in [0.25, 0.3) is 0 Å². The van der Waals surface area contributed by atoms with Gasteiger partial charge in [0.25, 0.3) is 5.91 Å². The zero-order valence-electron chi connectivity index (χ0n) is 15.2. The largest absolute Gasteiger partial charge is 0.371 e. The van der Waals surface area contributed by atoms with Crippen LogP contribution in [0.1, 0.15) is 28.1 Å². The van der Waals surface area contributed by atoms with Crippen LogP contribution in [0.3, 0.4) is 0 Å². The van der Waals surface area contributed by atoms with Crippen molar-refractivity contribution in [2.24, 2.45) is 0 Å². The summed E-state index contributed by atoms with van der Waals surface area (Å²) in [5, 5.41) is 2.88. The highest BCUT2D eigenvalue weighted by Gasteiger charge is 2.24. The quantitative estimate of drug-likeness (QED) is 0.768. The molecule has 9 heteroatoms. The molecule has 1 aliphatic heterocycles. The van der Waals surface area contributed by atoms with Gasteiger partial charge >= 0.3 is 0 Å². The van der Waals surface area contributed by atoms with E-state index in [0.29, 0.717) is 16.4 Å². The highest BCUT2D eigenvalue weighted by molar-refractivity contribution is 7.89. The fourth-order valence-corrected chi connectivity index (χ4v) is 4.97. The van der Waals surface area contributed by atoms with E-state index in [1.165, 1.54) is 31.5 Å². The summed E-state index contributed by atoms with van der Waals surface area (Å²) in [6, 6.07) is 8.42. The fraction of sp³-hybridized carbons (Fsp3) is 0.389. The lowest BCUT2D eigenvalue weighted by molar-refractivity contribution is 0.0951. The van der Waals surface area contributed by atoms with Gasteiger partial charge in [0.2, 0.25) is 10.0 Å². The van der Waals surface area contributed by atoms with Gasteiger partial charge in [-0.1, -0.05) is 11.6 Å². The lowest BCUT2D eigenvalue weighted by atomic mass is 10.1. The minimum atomic E-state index is -3.62. The molecule has 0 bridgehead atoms. The van der Waals surface area contributed by atoms with Gasteiger partial charge in [0, 0.05) is 37.7 Å². The Morgan fingerprint density at radius 3 is 2.52 bits per heavy atom. The highest BCUT2D eigenvalue weighted by atomic mass is 35.5. The second-order valence-corrected chi connectivity index (χ2v) is 10.5. The maximum absolute atomic E-state index is 12.9. The van der Waals surface area contributed by atoms with Crippen molar-refractivity contribution in [2.75, 3.05) is 32.1 Å². The number of hydrogen-bond donors (Lipinski definition) is 1. The van der Waals surface area contributed by atoms with E-state index in [0.717, 1.165) is 40.8 Å². The van der Waals surface area contributed by atoms with Crippen LogP contribution >= 0.6 is 22.9 Å². The third-order valence-corrected chi connectivity index (χ3v) is 7.53. The molecule has 1 N–H and O–H groups in total. The summed E-state index contributed by atoms with van der Waals surface area (Å²) in [7, 11) is -0.665.